The highest BCUT2D eigenvalue weighted by atomic mass is 32.2. The zero-order valence-corrected chi connectivity index (χ0v) is 13.7. The molecule has 25 heavy (non-hydrogen) atoms. The summed E-state index contributed by atoms with van der Waals surface area (Å²) in [6.45, 7) is 0.240. The summed E-state index contributed by atoms with van der Waals surface area (Å²) in [6.07, 6.45) is 1.40. The summed E-state index contributed by atoms with van der Waals surface area (Å²) >= 11 is 0. The molecule has 0 saturated carbocycles. The van der Waals surface area contributed by atoms with E-state index in [1.54, 1.807) is 0 Å². The van der Waals surface area contributed by atoms with E-state index >= 15 is 0 Å². The average Bonchev–Trinajstić information content (AvgIpc) is 3.06. The summed E-state index contributed by atoms with van der Waals surface area (Å²) in [5.41, 5.74) is 0.384. The molecule has 1 aromatic heterocycles. The lowest BCUT2D eigenvalue weighted by atomic mass is 10.3. The predicted molar refractivity (Wildman–Crippen MR) is 83.1 cm³/mol. The topological polar surface area (TPSA) is 83.3 Å². The average molecular weight is 365 g/mol. The van der Waals surface area contributed by atoms with Crippen molar-refractivity contribution in [1.29, 1.82) is 5.26 Å². The molecule has 0 spiro atoms. The van der Waals surface area contributed by atoms with Crippen molar-refractivity contribution in [3.05, 3.63) is 53.7 Å². The second kappa shape index (κ2) is 6.74. The third kappa shape index (κ3) is 3.60. The molecule has 1 unspecified atom stereocenters. The number of sulfonamides is 1. The van der Waals surface area contributed by atoms with E-state index < -0.39 is 27.8 Å². The van der Waals surface area contributed by atoms with Crippen LogP contribution in [0.1, 0.15) is 12.0 Å². The molecule has 1 aliphatic heterocycles. The number of ether oxygens (including phenoxy) is 1. The zero-order chi connectivity index (χ0) is 18.0. The van der Waals surface area contributed by atoms with Crippen molar-refractivity contribution < 1.29 is 21.9 Å². The van der Waals surface area contributed by atoms with E-state index in [9.17, 15) is 17.2 Å². The van der Waals surface area contributed by atoms with Gasteiger partial charge in [0.25, 0.3) is 0 Å². The van der Waals surface area contributed by atoms with E-state index in [-0.39, 0.29) is 23.9 Å². The monoisotopic (exact) mass is 365 g/mol. The van der Waals surface area contributed by atoms with Gasteiger partial charge in [0.2, 0.25) is 15.9 Å². The molecule has 0 bridgehead atoms. The van der Waals surface area contributed by atoms with Crippen LogP contribution in [0.3, 0.4) is 0 Å². The lowest BCUT2D eigenvalue weighted by Gasteiger charge is -2.17. The lowest BCUT2D eigenvalue weighted by Crippen LogP contribution is -2.31. The molecule has 1 aliphatic rings. The molecule has 130 valence electrons. The van der Waals surface area contributed by atoms with Gasteiger partial charge in [-0.2, -0.15) is 9.57 Å². The normalized spacial score (nSPS) is 18.0. The van der Waals surface area contributed by atoms with Crippen LogP contribution in [0.2, 0.25) is 0 Å². The van der Waals surface area contributed by atoms with E-state index in [1.165, 1.54) is 18.3 Å². The number of benzene rings is 1. The molecule has 0 aliphatic carbocycles. The Balaban J connectivity index is 1.73. The molecule has 0 amide bonds. The van der Waals surface area contributed by atoms with E-state index in [1.807, 2.05) is 6.07 Å². The Labute approximate surface area is 143 Å². The standard InChI is InChI=1S/C16H13F2N3O3S/c17-14-2-1-13(8-15(14)18)25(22,23)21-6-4-12(10-21)24-16-7-11(9-19)3-5-20-16/h1-3,5,7-8,12H,4,6,10H2. The van der Waals surface area contributed by atoms with Crippen molar-refractivity contribution in [3.8, 4) is 11.9 Å². The summed E-state index contributed by atoms with van der Waals surface area (Å²) in [4.78, 5) is 3.68. The summed E-state index contributed by atoms with van der Waals surface area (Å²) in [7, 11) is -3.94. The number of nitrogens with zero attached hydrogens (tertiary/aromatic N) is 3. The van der Waals surface area contributed by atoms with Gasteiger partial charge in [0.15, 0.2) is 11.6 Å². The second-order valence-electron chi connectivity index (χ2n) is 5.46. The van der Waals surface area contributed by atoms with Crippen molar-refractivity contribution in [2.45, 2.75) is 17.4 Å². The molecular formula is C16H13F2N3O3S. The van der Waals surface area contributed by atoms with E-state index in [0.29, 0.717) is 18.1 Å². The highest BCUT2D eigenvalue weighted by Gasteiger charge is 2.34. The van der Waals surface area contributed by atoms with Crippen LogP contribution in [0.4, 0.5) is 8.78 Å². The molecular weight excluding hydrogens is 352 g/mol. The fourth-order valence-electron chi connectivity index (χ4n) is 2.51. The molecule has 1 fully saturated rings. The van der Waals surface area contributed by atoms with E-state index in [4.69, 9.17) is 10.00 Å². The van der Waals surface area contributed by atoms with Gasteiger partial charge < -0.3 is 4.74 Å². The fourth-order valence-corrected chi connectivity index (χ4v) is 4.01. The van der Waals surface area contributed by atoms with Crippen molar-refractivity contribution >= 4 is 10.0 Å². The molecule has 2 heterocycles. The largest absolute Gasteiger partial charge is 0.473 e. The lowest BCUT2D eigenvalue weighted by molar-refractivity contribution is 0.207. The molecule has 1 saturated heterocycles. The van der Waals surface area contributed by atoms with Crippen LogP contribution in [0, 0.1) is 23.0 Å². The highest BCUT2D eigenvalue weighted by Crippen LogP contribution is 2.24. The molecule has 1 atom stereocenters. The first-order valence-electron chi connectivity index (χ1n) is 7.38. The van der Waals surface area contributed by atoms with Gasteiger partial charge in [0.05, 0.1) is 23.1 Å². The molecule has 1 aromatic carbocycles. The minimum Gasteiger partial charge on any atom is -0.473 e. The zero-order valence-electron chi connectivity index (χ0n) is 12.9. The predicted octanol–water partition coefficient (Wildman–Crippen LogP) is 2.07. The number of nitriles is 1. The number of halogens is 2. The second-order valence-corrected chi connectivity index (χ2v) is 7.40. The first-order valence-corrected chi connectivity index (χ1v) is 8.82. The SMILES string of the molecule is N#Cc1ccnc(OC2CCN(S(=O)(=O)c3ccc(F)c(F)c3)C2)c1. The van der Waals surface area contributed by atoms with E-state index in [0.717, 1.165) is 16.4 Å². The first-order chi connectivity index (χ1) is 11.9. The maximum atomic E-state index is 13.3. The first kappa shape index (κ1) is 17.3. The number of hydrogen-bond acceptors (Lipinski definition) is 5. The number of rotatable bonds is 4. The highest BCUT2D eigenvalue weighted by molar-refractivity contribution is 7.89. The van der Waals surface area contributed by atoms with Crippen LogP contribution in [-0.2, 0) is 10.0 Å². The Morgan fingerprint density at radius 1 is 1.24 bits per heavy atom. The van der Waals surface area contributed by atoms with Crippen LogP contribution in [0.25, 0.3) is 0 Å². The van der Waals surface area contributed by atoms with Gasteiger partial charge in [0, 0.05) is 18.8 Å². The van der Waals surface area contributed by atoms with Crippen LogP contribution < -0.4 is 4.74 Å². The summed E-state index contributed by atoms with van der Waals surface area (Å²) in [6, 6.07) is 7.43. The number of aromatic nitrogens is 1. The van der Waals surface area contributed by atoms with Crippen LogP contribution >= 0.6 is 0 Å². The Bertz CT molecular complexity index is 944. The van der Waals surface area contributed by atoms with Crippen molar-refractivity contribution in [2.75, 3.05) is 13.1 Å². The minimum absolute atomic E-state index is 0.0553. The third-order valence-corrected chi connectivity index (χ3v) is 5.65. The Morgan fingerprint density at radius 2 is 2.04 bits per heavy atom. The molecule has 2 aromatic rings. The quantitative estimate of drug-likeness (QED) is 0.828. The Hall–Kier alpha value is -2.57. The molecule has 0 radical (unpaired) electrons. The van der Waals surface area contributed by atoms with Gasteiger partial charge in [-0.25, -0.2) is 22.2 Å². The van der Waals surface area contributed by atoms with Crippen molar-refractivity contribution in [1.82, 2.24) is 9.29 Å². The van der Waals surface area contributed by atoms with Crippen LogP contribution in [0.15, 0.2) is 41.4 Å². The van der Waals surface area contributed by atoms with E-state index in [2.05, 4.69) is 4.98 Å². The van der Waals surface area contributed by atoms with Crippen LogP contribution in [0.5, 0.6) is 5.88 Å². The smallest absolute Gasteiger partial charge is 0.243 e. The maximum absolute atomic E-state index is 13.3. The number of hydrogen-bond donors (Lipinski definition) is 0. The van der Waals surface area contributed by atoms with Gasteiger partial charge in [0.1, 0.15) is 6.10 Å². The van der Waals surface area contributed by atoms with Gasteiger partial charge in [-0.3, -0.25) is 0 Å². The Kier molecular flexibility index (Phi) is 4.65. The Morgan fingerprint density at radius 3 is 2.76 bits per heavy atom. The fraction of sp³-hybridized carbons (Fsp3) is 0.250. The van der Waals surface area contributed by atoms with Crippen molar-refractivity contribution in [2.24, 2.45) is 0 Å². The van der Waals surface area contributed by atoms with Gasteiger partial charge in [-0.05, 0) is 30.7 Å². The van der Waals surface area contributed by atoms with Gasteiger partial charge in [-0.15, -0.1) is 0 Å². The van der Waals surface area contributed by atoms with Gasteiger partial charge in [-0.1, -0.05) is 0 Å². The summed E-state index contributed by atoms with van der Waals surface area (Å²) < 4.78 is 58.1. The third-order valence-electron chi connectivity index (χ3n) is 3.79. The molecule has 6 nitrogen and oxygen atoms in total. The minimum atomic E-state index is -3.94. The molecule has 9 heteroatoms. The van der Waals surface area contributed by atoms with Crippen molar-refractivity contribution in [3.63, 3.8) is 0 Å². The number of pyridine rings is 1. The van der Waals surface area contributed by atoms with Crippen LogP contribution in [-0.4, -0.2) is 36.9 Å². The maximum Gasteiger partial charge on any atom is 0.243 e. The molecule has 3 rings (SSSR count). The molecule has 0 N–H and O–H groups in total. The summed E-state index contributed by atoms with van der Waals surface area (Å²) in [5, 5.41) is 8.86. The summed E-state index contributed by atoms with van der Waals surface area (Å²) in [5.74, 6) is -2.09. The van der Waals surface area contributed by atoms with Gasteiger partial charge >= 0.3 is 0 Å².